The van der Waals surface area contributed by atoms with E-state index in [0.717, 1.165) is 19.3 Å². The van der Waals surface area contributed by atoms with Crippen LogP contribution in [0.3, 0.4) is 0 Å². The van der Waals surface area contributed by atoms with Crippen LogP contribution in [0, 0.1) is 0 Å². The molecule has 0 N–H and O–H groups in total. The zero-order chi connectivity index (χ0) is 9.14. The quantitative estimate of drug-likeness (QED) is 0.503. The number of esters is 1. The Labute approximate surface area is 77.5 Å². The summed E-state index contributed by atoms with van der Waals surface area (Å²) >= 11 is 5.93. The number of cyclic esters (lactones) is 1. The number of hydrogen-bond donors (Lipinski definition) is 0. The van der Waals surface area contributed by atoms with E-state index in [-0.39, 0.29) is 12.1 Å². The van der Waals surface area contributed by atoms with Gasteiger partial charge in [-0.1, -0.05) is 24.9 Å². The van der Waals surface area contributed by atoms with Gasteiger partial charge in [0.15, 0.2) is 0 Å². The Morgan fingerprint density at radius 3 is 2.75 bits per heavy atom. The molecule has 2 nitrogen and oxygen atoms in total. The summed E-state index contributed by atoms with van der Waals surface area (Å²) in [6, 6.07) is 0. The highest BCUT2D eigenvalue weighted by atomic mass is 35.5. The maximum Gasteiger partial charge on any atom is 0.339 e. The van der Waals surface area contributed by atoms with Crippen molar-refractivity contribution in [3.63, 3.8) is 0 Å². The molecule has 12 heavy (non-hydrogen) atoms. The molecule has 1 atom stereocenters. The average Bonchev–Trinajstić information content (AvgIpc) is 2.00. The first kappa shape index (κ1) is 9.59. The van der Waals surface area contributed by atoms with Crippen molar-refractivity contribution in [2.24, 2.45) is 0 Å². The van der Waals surface area contributed by atoms with Gasteiger partial charge in [0.2, 0.25) is 0 Å². The van der Waals surface area contributed by atoms with Crippen molar-refractivity contribution in [1.29, 1.82) is 0 Å². The van der Waals surface area contributed by atoms with Crippen molar-refractivity contribution in [2.75, 3.05) is 0 Å². The molecule has 0 aromatic rings. The predicted octanol–water partition coefficient (Wildman–Crippen LogP) is 2.61. The number of ether oxygens (including phenoxy) is 1. The van der Waals surface area contributed by atoms with E-state index in [1.807, 2.05) is 6.92 Å². The number of carbonyl (C=O) groups excluding carboxylic acids is 1. The van der Waals surface area contributed by atoms with Crippen LogP contribution in [0.25, 0.3) is 0 Å². The molecule has 1 unspecified atom stereocenters. The second kappa shape index (κ2) is 3.94. The van der Waals surface area contributed by atoms with Crippen LogP contribution < -0.4 is 0 Å². The second-order valence-corrected chi connectivity index (χ2v) is 3.43. The Balaban J connectivity index is 2.56. The third-order valence-corrected chi connectivity index (χ3v) is 2.34. The van der Waals surface area contributed by atoms with Crippen LogP contribution in [-0.4, -0.2) is 12.1 Å². The topological polar surface area (TPSA) is 26.3 Å². The van der Waals surface area contributed by atoms with Gasteiger partial charge in [-0.15, -0.1) is 0 Å². The fourth-order valence-electron chi connectivity index (χ4n) is 1.19. The maximum absolute atomic E-state index is 10.9. The maximum atomic E-state index is 10.9. The summed E-state index contributed by atoms with van der Waals surface area (Å²) in [4.78, 5) is 10.9. The summed E-state index contributed by atoms with van der Waals surface area (Å²) in [7, 11) is 0. The van der Waals surface area contributed by atoms with Gasteiger partial charge in [-0.25, -0.2) is 4.79 Å². The molecule has 0 aliphatic carbocycles. The minimum atomic E-state index is -0.247. The SMILES string of the molecule is CCCCC(Cl)=C1C(=O)OC1C. The minimum Gasteiger partial charge on any atom is -0.454 e. The first-order valence-electron chi connectivity index (χ1n) is 4.26. The highest BCUT2D eigenvalue weighted by Gasteiger charge is 2.34. The van der Waals surface area contributed by atoms with Crippen molar-refractivity contribution >= 4 is 17.6 Å². The van der Waals surface area contributed by atoms with Gasteiger partial charge in [-0.05, 0) is 19.8 Å². The van der Waals surface area contributed by atoms with E-state index in [1.165, 1.54) is 0 Å². The van der Waals surface area contributed by atoms with Gasteiger partial charge < -0.3 is 4.74 Å². The lowest BCUT2D eigenvalue weighted by Crippen LogP contribution is -2.34. The van der Waals surface area contributed by atoms with Crippen molar-refractivity contribution < 1.29 is 9.53 Å². The summed E-state index contributed by atoms with van der Waals surface area (Å²) in [5.41, 5.74) is 0.671. The van der Waals surface area contributed by atoms with E-state index < -0.39 is 0 Å². The molecule has 0 saturated carbocycles. The molecular formula is C9H13ClO2. The Morgan fingerprint density at radius 1 is 1.67 bits per heavy atom. The molecule has 1 fully saturated rings. The van der Waals surface area contributed by atoms with Crippen LogP contribution in [0.4, 0.5) is 0 Å². The fraction of sp³-hybridized carbons (Fsp3) is 0.667. The van der Waals surface area contributed by atoms with Crippen molar-refractivity contribution in [3.05, 3.63) is 10.6 Å². The van der Waals surface area contributed by atoms with E-state index in [9.17, 15) is 4.79 Å². The molecule has 0 amide bonds. The summed E-state index contributed by atoms with van der Waals surface area (Å²) in [6.45, 7) is 3.93. The highest BCUT2D eigenvalue weighted by Crippen LogP contribution is 2.29. The normalized spacial score (nSPS) is 26.2. The van der Waals surface area contributed by atoms with Crippen molar-refractivity contribution in [2.45, 2.75) is 39.2 Å². The van der Waals surface area contributed by atoms with Crippen LogP contribution in [0.15, 0.2) is 10.6 Å². The summed E-state index contributed by atoms with van der Waals surface area (Å²) in [6.07, 6.45) is 2.82. The molecule has 1 aliphatic rings. The largest absolute Gasteiger partial charge is 0.454 e. The number of halogens is 1. The van der Waals surface area contributed by atoms with E-state index in [0.29, 0.717) is 10.6 Å². The Morgan fingerprint density at radius 2 is 2.33 bits per heavy atom. The average molecular weight is 189 g/mol. The molecule has 0 spiro atoms. The molecule has 0 radical (unpaired) electrons. The van der Waals surface area contributed by atoms with Crippen LogP contribution in [0.1, 0.15) is 33.1 Å². The zero-order valence-electron chi connectivity index (χ0n) is 7.39. The van der Waals surface area contributed by atoms with Crippen LogP contribution in [-0.2, 0) is 9.53 Å². The van der Waals surface area contributed by atoms with E-state index in [1.54, 1.807) is 0 Å². The van der Waals surface area contributed by atoms with E-state index in [4.69, 9.17) is 16.3 Å². The van der Waals surface area contributed by atoms with Gasteiger partial charge >= 0.3 is 5.97 Å². The number of allylic oxidation sites excluding steroid dienone is 1. The number of carbonyl (C=O) groups is 1. The molecule has 1 saturated heterocycles. The minimum absolute atomic E-state index is 0.0955. The van der Waals surface area contributed by atoms with Crippen molar-refractivity contribution in [1.82, 2.24) is 0 Å². The fourth-order valence-corrected chi connectivity index (χ4v) is 1.55. The molecule has 3 heteroatoms. The third-order valence-electron chi connectivity index (χ3n) is 1.95. The van der Waals surface area contributed by atoms with Crippen LogP contribution in [0.5, 0.6) is 0 Å². The number of hydrogen-bond acceptors (Lipinski definition) is 2. The van der Waals surface area contributed by atoms with Crippen LogP contribution in [0.2, 0.25) is 0 Å². The van der Waals surface area contributed by atoms with E-state index in [2.05, 4.69) is 6.92 Å². The highest BCUT2D eigenvalue weighted by molar-refractivity contribution is 6.32. The zero-order valence-corrected chi connectivity index (χ0v) is 8.15. The monoisotopic (exact) mass is 188 g/mol. The molecular weight excluding hydrogens is 176 g/mol. The third kappa shape index (κ3) is 1.81. The molecule has 0 aromatic heterocycles. The van der Waals surface area contributed by atoms with Gasteiger partial charge in [0.1, 0.15) is 6.10 Å². The summed E-state index contributed by atoms with van der Waals surface area (Å²) in [5.74, 6) is -0.247. The van der Waals surface area contributed by atoms with Gasteiger partial charge in [-0.3, -0.25) is 0 Å². The molecule has 0 aromatic carbocycles. The Hall–Kier alpha value is -0.500. The number of rotatable bonds is 3. The Bertz CT molecular complexity index is 221. The lowest BCUT2D eigenvalue weighted by atomic mass is 10.0. The van der Waals surface area contributed by atoms with Gasteiger partial charge in [-0.2, -0.15) is 0 Å². The standard InChI is InChI=1S/C9H13ClO2/c1-3-4-5-7(10)8-6(2)12-9(8)11/h6H,3-5H2,1-2H3. The lowest BCUT2D eigenvalue weighted by Gasteiger charge is -2.26. The van der Waals surface area contributed by atoms with Gasteiger partial charge in [0.25, 0.3) is 0 Å². The smallest absolute Gasteiger partial charge is 0.339 e. The second-order valence-electron chi connectivity index (χ2n) is 2.97. The van der Waals surface area contributed by atoms with Crippen molar-refractivity contribution in [3.8, 4) is 0 Å². The lowest BCUT2D eigenvalue weighted by molar-refractivity contribution is -0.154. The molecule has 1 heterocycles. The molecule has 0 bridgehead atoms. The van der Waals surface area contributed by atoms with E-state index >= 15 is 0 Å². The summed E-state index contributed by atoms with van der Waals surface area (Å²) in [5, 5.41) is 0.681. The Kier molecular flexibility index (Phi) is 3.15. The molecule has 1 aliphatic heterocycles. The first-order chi connectivity index (χ1) is 5.66. The first-order valence-corrected chi connectivity index (χ1v) is 4.64. The van der Waals surface area contributed by atoms with Gasteiger partial charge in [0, 0.05) is 5.03 Å². The van der Waals surface area contributed by atoms with Gasteiger partial charge in [0.05, 0.1) is 5.57 Å². The summed E-state index contributed by atoms with van der Waals surface area (Å²) < 4.78 is 4.77. The number of unbranched alkanes of at least 4 members (excludes halogenated alkanes) is 1. The van der Waals surface area contributed by atoms with Crippen LogP contribution >= 0.6 is 11.6 Å². The molecule has 68 valence electrons. The molecule has 1 rings (SSSR count). The predicted molar refractivity (Wildman–Crippen MR) is 48.0 cm³/mol.